The molecule has 148 valence electrons. The predicted molar refractivity (Wildman–Crippen MR) is 107 cm³/mol. The van der Waals surface area contributed by atoms with Gasteiger partial charge in [-0.15, -0.1) is 0 Å². The maximum atomic E-state index is 12.4. The van der Waals surface area contributed by atoms with E-state index in [0.717, 1.165) is 0 Å². The maximum absolute atomic E-state index is 12.4. The average molecular weight is 433 g/mol. The number of carbonyl (C=O) groups excluding carboxylic acids is 2. The lowest BCUT2D eigenvalue weighted by Crippen LogP contribution is -2.24. The molecule has 1 atom stereocenters. The van der Waals surface area contributed by atoms with Gasteiger partial charge in [0.05, 0.1) is 11.8 Å². The monoisotopic (exact) mass is 432 g/mol. The number of benzene rings is 2. The van der Waals surface area contributed by atoms with Gasteiger partial charge in [0.2, 0.25) is 0 Å². The first-order valence-electron chi connectivity index (χ1n) is 8.68. The second-order valence-corrected chi connectivity index (χ2v) is 7.72. The van der Waals surface area contributed by atoms with E-state index in [1.54, 1.807) is 19.1 Å². The van der Waals surface area contributed by atoms with Crippen molar-refractivity contribution in [3.05, 3.63) is 67.0 Å². The Balaban J connectivity index is 2.19. The fraction of sp³-hybridized carbons (Fsp3) is 0.190. The number of carbonyl (C=O) groups is 2. The first-order chi connectivity index (χ1) is 13.7. The summed E-state index contributed by atoms with van der Waals surface area (Å²) in [6, 6.07) is 6.04. The Kier molecular flexibility index (Phi) is 4.63. The average Bonchev–Trinajstić information content (AvgIpc) is 2.59. The van der Waals surface area contributed by atoms with Crippen LogP contribution in [0.5, 0.6) is 11.5 Å². The second kappa shape index (κ2) is 6.90. The number of aromatic hydroxyl groups is 1. The van der Waals surface area contributed by atoms with Crippen LogP contribution in [0, 0.1) is 6.92 Å². The first kappa shape index (κ1) is 19.5. The molecule has 1 aliphatic rings. The predicted octanol–water partition coefficient (Wildman–Crippen LogP) is 4.76. The summed E-state index contributed by atoms with van der Waals surface area (Å²) in [6.07, 6.45) is -0.0940. The van der Waals surface area contributed by atoms with Gasteiger partial charge in [-0.2, -0.15) is 0 Å². The molecule has 4 rings (SSSR count). The van der Waals surface area contributed by atoms with Gasteiger partial charge in [-0.3, -0.25) is 9.59 Å². The summed E-state index contributed by atoms with van der Waals surface area (Å²) in [6.45, 7) is 2.87. The molecule has 1 aromatic heterocycles. The quantitative estimate of drug-likeness (QED) is 0.271. The van der Waals surface area contributed by atoms with Crippen LogP contribution in [0.2, 0.25) is 10.0 Å². The van der Waals surface area contributed by atoms with E-state index in [0.29, 0.717) is 26.7 Å². The van der Waals surface area contributed by atoms with Crippen molar-refractivity contribution < 1.29 is 23.8 Å². The summed E-state index contributed by atoms with van der Waals surface area (Å²) in [7, 11) is 0. The molecular weight excluding hydrogens is 419 g/mol. The minimum Gasteiger partial charge on any atom is -0.506 e. The number of hydrogen-bond acceptors (Lipinski definition) is 6. The molecule has 0 saturated heterocycles. The number of esters is 1. The van der Waals surface area contributed by atoms with E-state index in [1.807, 2.05) is 0 Å². The van der Waals surface area contributed by atoms with Crippen LogP contribution in [0.25, 0.3) is 11.0 Å². The third-order valence-corrected chi connectivity index (χ3v) is 5.54. The molecule has 0 saturated carbocycles. The minimum atomic E-state index is -0.665. The molecule has 6 nitrogen and oxygen atoms in total. The number of phenolic OH excluding ortho intramolecular Hbond substituents is 1. The van der Waals surface area contributed by atoms with Crippen molar-refractivity contribution in [2.45, 2.75) is 26.2 Å². The summed E-state index contributed by atoms with van der Waals surface area (Å²) < 4.78 is 10.8. The SMILES string of the molecule is CC(=O)c1c2c(c3oc(=O)cc(C)c3c1O)[C@@H](c1ccc(Cl)cc1Cl)CC(=O)O2. The normalized spacial score (nSPS) is 15.9. The van der Waals surface area contributed by atoms with Crippen LogP contribution in [0.3, 0.4) is 0 Å². The summed E-state index contributed by atoms with van der Waals surface area (Å²) in [4.78, 5) is 36.8. The van der Waals surface area contributed by atoms with Crippen molar-refractivity contribution in [3.63, 3.8) is 0 Å². The highest BCUT2D eigenvalue weighted by molar-refractivity contribution is 6.35. The number of ether oxygens (including phenoxy) is 1. The van der Waals surface area contributed by atoms with Gasteiger partial charge in [-0.25, -0.2) is 4.79 Å². The van der Waals surface area contributed by atoms with E-state index >= 15 is 0 Å². The van der Waals surface area contributed by atoms with Crippen LogP contribution >= 0.6 is 23.2 Å². The van der Waals surface area contributed by atoms with Gasteiger partial charge < -0.3 is 14.3 Å². The Morgan fingerprint density at radius 3 is 2.59 bits per heavy atom. The lowest BCUT2D eigenvalue weighted by atomic mass is 9.82. The van der Waals surface area contributed by atoms with Gasteiger partial charge >= 0.3 is 11.6 Å². The lowest BCUT2D eigenvalue weighted by molar-refractivity contribution is -0.135. The van der Waals surface area contributed by atoms with E-state index in [9.17, 15) is 19.5 Å². The van der Waals surface area contributed by atoms with Crippen molar-refractivity contribution in [2.24, 2.45) is 0 Å². The number of halogens is 2. The smallest absolute Gasteiger partial charge is 0.336 e. The van der Waals surface area contributed by atoms with Crippen molar-refractivity contribution in [2.75, 3.05) is 0 Å². The minimum absolute atomic E-state index is 0.0519. The molecule has 1 aliphatic heterocycles. The van der Waals surface area contributed by atoms with Crippen LogP contribution in [-0.4, -0.2) is 16.9 Å². The van der Waals surface area contributed by atoms with Gasteiger partial charge in [-0.05, 0) is 37.1 Å². The van der Waals surface area contributed by atoms with Gasteiger partial charge in [0.15, 0.2) is 11.5 Å². The third kappa shape index (κ3) is 3.09. The third-order valence-electron chi connectivity index (χ3n) is 4.97. The van der Waals surface area contributed by atoms with Crippen molar-refractivity contribution >= 4 is 45.9 Å². The highest BCUT2D eigenvalue weighted by Crippen LogP contribution is 2.50. The fourth-order valence-electron chi connectivity index (χ4n) is 3.79. The van der Waals surface area contributed by atoms with Crippen LogP contribution in [-0.2, 0) is 4.79 Å². The zero-order valence-corrected chi connectivity index (χ0v) is 16.9. The molecule has 2 heterocycles. The highest BCUT2D eigenvalue weighted by Gasteiger charge is 2.37. The number of hydrogen-bond donors (Lipinski definition) is 1. The van der Waals surface area contributed by atoms with Gasteiger partial charge in [-0.1, -0.05) is 29.3 Å². The molecule has 8 heteroatoms. The van der Waals surface area contributed by atoms with Gasteiger partial charge in [0, 0.05) is 27.6 Å². The summed E-state index contributed by atoms with van der Waals surface area (Å²) in [5.41, 5.74) is 0.567. The molecule has 0 aliphatic carbocycles. The molecule has 0 fully saturated rings. The van der Waals surface area contributed by atoms with Crippen molar-refractivity contribution in [3.8, 4) is 11.5 Å². The molecule has 2 aromatic carbocycles. The number of phenols is 1. The van der Waals surface area contributed by atoms with Crippen LogP contribution in [0.4, 0.5) is 0 Å². The molecule has 3 aromatic rings. The van der Waals surface area contributed by atoms with E-state index < -0.39 is 29.0 Å². The molecular formula is C21H14Cl2O6. The second-order valence-electron chi connectivity index (χ2n) is 6.87. The molecule has 0 bridgehead atoms. The van der Waals surface area contributed by atoms with E-state index in [4.69, 9.17) is 32.4 Å². The number of ketones is 1. The number of rotatable bonds is 2. The Morgan fingerprint density at radius 2 is 1.93 bits per heavy atom. The van der Waals surface area contributed by atoms with E-state index in [1.165, 1.54) is 19.1 Å². The number of Topliss-reactive ketones (excluding diaryl/α,β-unsaturated/α-hetero) is 1. The summed E-state index contributed by atoms with van der Waals surface area (Å²) in [5.74, 6) is -2.29. The Hall–Kier alpha value is -2.83. The number of fused-ring (bicyclic) bond motifs is 3. The maximum Gasteiger partial charge on any atom is 0.336 e. The Bertz CT molecular complexity index is 1270. The van der Waals surface area contributed by atoms with E-state index in [-0.39, 0.29) is 28.7 Å². The molecule has 0 unspecified atom stereocenters. The van der Waals surface area contributed by atoms with Gasteiger partial charge in [0.1, 0.15) is 16.9 Å². The van der Waals surface area contributed by atoms with Crippen LogP contribution in [0.1, 0.15) is 46.3 Å². The zero-order valence-electron chi connectivity index (χ0n) is 15.3. The van der Waals surface area contributed by atoms with Crippen LogP contribution < -0.4 is 10.4 Å². The van der Waals surface area contributed by atoms with E-state index in [2.05, 4.69) is 0 Å². The van der Waals surface area contributed by atoms with Crippen LogP contribution in [0.15, 0.2) is 33.5 Å². The zero-order chi connectivity index (χ0) is 21.0. The topological polar surface area (TPSA) is 93.8 Å². The lowest BCUT2D eigenvalue weighted by Gasteiger charge is -2.28. The number of aryl methyl sites for hydroxylation is 1. The van der Waals surface area contributed by atoms with Gasteiger partial charge in [0.25, 0.3) is 0 Å². The molecule has 0 spiro atoms. The standard InChI is InChI=1S/C21H14Cl2O6/c1-8-5-14(25)28-20-16(8)19(27)17(9(2)24)21-18(20)12(7-15(26)29-21)11-4-3-10(22)6-13(11)23/h3-6,12,27H,7H2,1-2H3/t12-/m1/s1. The first-order valence-corrected chi connectivity index (χ1v) is 9.44. The molecule has 0 amide bonds. The summed E-state index contributed by atoms with van der Waals surface area (Å²) >= 11 is 12.4. The fourth-order valence-corrected chi connectivity index (χ4v) is 4.33. The molecule has 29 heavy (non-hydrogen) atoms. The van der Waals surface area contributed by atoms with Crippen molar-refractivity contribution in [1.82, 2.24) is 0 Å². The Morgan fingerprint density at radius 1 is 1.21 bits per heavy atom. The summed E-state index contributed by atoms with van der Waals surface area (Å²) in [5, 5.41) is 11.7. The highest BCUT2D eigenvalue weighted by atomic mass is 35.5. The molecule has 1 N–H and O–H groups in total. The molecule has 0 radical (unpaired) electrons. The largest absolute Gasteiger partial charge is 0.506 e. The van der Waals surface area contributed by atoms with Crippen molar-refractivity contribution in [1.29, 1.82) is 0 Å². The Labute approximate surface area is 174 Å².